The summed E-state index contributed by atoms with van der Waals surface area (Å²) in [5, 5.41) is 21.3. The minimum absolute atomic E-state index is 0.220. The van der Waals surface area contributed by atoms with Gasteiger partial charge in [-0.15, -0.1) is 0 Å². The van der Waals surface area contributed by atoms with E-state index in [1.807, 2.05) is 6.07 Å². The van der Waals surface area contributed by atoms with Crippen LogP contribution in [0.1, 0.15) is 19.4 Å². The summed E-state index contributed by atoms with van der Waals surface area (Å²) in [7, 11) is 0. The summed E-state index contributed by atoms with van der Waals surface area (Å²) in [6, 6.07) is 7.73. The second kappa shape index (κ2) is 6.29. The van der Waals surface area contributed by atoms with Crippen LogP contribution in [0.2, 0.25) is 0 Å². The molecule has 128 valence electrons. The van der Waals surface area contributed by atoms with Crippen LogP contribution in [0.15, 0.2) is 47.5 Å². The van der Waals surface area contributed by atoms with Gasteiger partial charge in [-0.2, -0.15) is 15.0 Å². The number of fused-ring (bicyclic) bond motifs is 1. The summed E-state index contributed by atoms with van der Waals surface area (Å²) >= 11 is 0. The molecule has 0 radical (unpaired) electrons. The first kappa shape index (κ1) is 15.8. The van der Waals surface area contributed by atoms with E-state index in [0.717, 1.165) is 16.6 Å². The lowest BCUT2D eigenvalue weighted by atomic mass is 10.1. The Balaban J connectivity index is 1.84. The van der Waals surface area contributed by atoms with Crippen molar-refractivity contribution in [2.45, 2.75) is 19.9 Å². The van der Waals surface area contributed by atoms with Crippen LogP contribution < -0.4 is 5.32 Å². The first-order chi connectivity index (χ1) is 12.7. The average molecular weight is 345 g/mol. The van der Waals surface area contributed by atoms with Gasteiger partial charge in [0.2, 0.25) is 0 Å². The first-order valence-electron chi connectivity index (χ1n) is 8.07. The van der Waals surface area contributed by atoms with E-state index in [1.165, 1.54) is 6.20 Å². The highest BCUT2D eigenvalue weighted by molar-refractivity contribution is 5.79. The van der Waals surface area contributed by atoms with Crippen molar-refractivity contribution in [2.75, 3.05) is 5.32 Å². The molecule has 0 aliphatic carbocycles. The van der Waals surface area contributed by atoms with E-state index in [9.17, 15) is 0 Å². The fourth-order valence-electron chi connectivity index (χ4n) is 2.69. The molecule has 8 heteroatoms. The standard InChI is InChI=1S/C18H15N7O/c1-11(2)24-15-6-17(20-10-14(15)16-3-4-23-26-16)25-18-13(9-22-25)5-12(7-19)8-21-18/h3-6,8-11H,1-2H3,(H,20,24). The molecule has 0 fully saturated rings. The summed E-state index contributed by atoms with van der Waals surface area (Å²) in [4.78, 5) is 8.85. The predicted octanol–water partition coefficient (Wildman–Crippen LogP) is 3.16. The van der Waals surface area contributed by atoms with Crippen LogP contribution in [0.4, 0.5) is 5.69 Å². The molecule has 26 heavy (non-hydrogen) atoms. The molecule has 0 atom stereocenters. The molecule has 0 aromatic carbocycles. The largest absolute Gasteiger partial charge is 0.382 e. The Hall–Kier alpha value is -3.73. The van der Waals surface area contributed by atoms with Crippen molar-refractivity contribution in [1.82, 2.24) is 24.9 Å². The molecule has 0 amide bonds. The average Bonchev–Trinajstić information content (AvgIpc) is 3.30. The van der Waals surface area contributed by atoms with Gasteiger partial charge in [-0.3, -0.25) is 0 Å². The molecule has 0 saturated carbocycles. The Morgan fingerprint density at radius 2 is 2.08 bits per heavy atom. The summed E-state index contributed by atoms with van der Waals surface area (Å²) in [6.45, 7) is 4.11. The molecule has 0 spiro atoms. The maximum Gasteiger partial charge on any atom is 0.170 e. The molecule has 4 aromatic rings. The van der Waals surface area contributed by atoms with Gasteiger partial charge >= 0.3 is 0 Å². The number of hydrogen-bond acceptors (Lipinski definition) is 7. The van der Waals surface area contributed by atoms with E-state index in [-0.39, 0.29) is 6.04 Å². The maximum atomic E-state index is 9.01. The molecular formula is C18H15N7O. The molecule has 4 heterocycles. The minimum atomic E-state index is 0.220. The third-order valence-electron chi connectivity index (χ3n) is 3.79. The lowest BCUT2D eigenvalue weighted by Crippen LogP contribution is -2.12. The molecule has 0 bridgehead atoms. The summed E-state index contributed by atoms with van der Waals surface area (Å²) < 4.78 is 6.92. The zero-order valence-electron chi connectivity index (χ0n) is 14.2. The zero-order valence-corrected chi connectivity index (χ0v) is 14.2. The third-order valence-corrected chi connectivity index (χ3v) is 3.79. The maximum absolute atomic E-state index is 9.01. The van der Waals surface area contributed by atoms with Crippen LogP contribution in [-0.4, -0.2) is 30.9 Å². The SMILES string of the molecule is CC(C)Nc1cc(-n2ncc3cc(C#N)cnc32)ncc1-c1ccno1. The second-order valence-electron chi connectivity index (χ2n) is 6.07. The monoisotopic (exact) mass is 345 g/mol. The highest BCUT2D eigenvalue weighted by Crippen LogP contribution is 2.29. The van der Waals surface area contributed by atoms with E-state index in [2.05, 4.69) is 45.5 Å². The zero-order chi connectivity index (χ0) is 18.1. The Kier molecular flexibility index (Phi) is 3.82. The lowest BCUT2D eigenvalue weighted by Gasteiger charge is -2.14. The highest BCUT2D eigenvalue weighted by atomic mass is 16.5. The van der Waals surface area contributed by atoms with Crippen molar-refractivity contribution in [3.8, 4) is 23.2 Å². The number of rotatable bonds is 4. The van der Waals surface area contributed by atoms with Gasteiger partial charge in [-0.05, 0) is 19.9 Å². The van der Waals surface area contributed by atoms with E-state index < -0.39 is 0 Å². The van der Waals surface area contributed by atoms with E-state index in [4.69, 9.17) is 9.78 Å². The molecule has 4 rings (SSSR count). The number of hydrogen-bond donors (Lipinski definition) is 1. The van der Waals surface area contributed by atoms with Crippen LogP contribution in [0.25, 0.3) is 28.2 Å². The fourth-order valence-corrected chi connectivity index (χ4v) is 2.69. The summed E-state index contributed by atoms with van der Waals surface area (Å²) in [5.41, 5.74) is 2.81. The van der Waals surface area contributed by atoms with Gasteiger partial charge in [-0.25, -0.2) is 9.97 Å². The third kappa shape index (κ3) is 2.75. The van der Waals surface area contributed by atoms with Crippen LogP contribution in [0, 0.1) is 11.3 Å². The Labute approximate surface area is 149 Å². The fraction of sp³-hybridized carbons (Fsp3) is 0.167. The van der Waals surface area contributed by atoms with Crippen molar-refractivity contribution in [1.29, 1.82) is 5.26 Å². The van der Waals surface area contributed by atoms with Crippen LogP contribution in [0.5, 0.6) is 0 Å². The quantitative estimate of drug-likeness (QED) is 0.605. The molecule has 0 aliphatic rings. The molecule has 0 aliphatic heterocycles. The number of pyridine rings is 2. The number of aromatic nitrogens is 5. The minimum Gasteiger partial charge on any atom is -0.382 e. The van der Waals surface area contributed by atoms with Gasteiger partial charge in [0.25, 0.3) is 0 Å². The van der Waals surface area contributed by atoms with Crippen molar-refractivity contribution >= 4 is 16.7 Å². The highest BCUT2D eigenvalue weighted by Gasteiger charge is 2.15. The molecule has 0 unspecified atom stereocenters. The van der Waals surface area contributed by atoms with Crippen molar-refractivity contribution in [2.24, 2.45) is 0 Å². The molecular weight excluding hydrogens is 330 g/mol. The first-order valence-corrected chi connectivity index (χ1v) is 8.07. The number of nitriles is 1. The van der Waals surface area contributed by atoms with Gasteiger partial charge in [0.1, 0.15) is 6.07 Å². The van der Waals surface area contributed by atoms with Gasteiger partial charge in [0, 0.05) is 36.0 Å². The molecule has 4 aromatic heterocycles. The van der Waals surface area contributed by atoms with Crippen molar-refractivity contribution in [3.63, 3.8) is 0 Å². The van der Waals surface area contributed by atoms with Crippen LogP contribution in [0.3, 0.4) is 0 Å². The van der Waals surface area contributed by atoms with Gasteiger partial charge in [0.05, 0.1) is 29.2 Å². The number of nitrogens with one attached hydrogen (secondary N) is 1. The Morgan fingerprint density at radius 3 is 2.81 bits per heavy atom. The number of anilines is 1. The Bertz CT molecular complexity index is 1110. The van der Waals surface area contributed by atoms with E-state index in [0.29, 0.717) is 22.8 Å². The molecule has 1 N–H and O–H groups in total. The molecule has 0 saturated heterocycles. The van der Waals surface area contributed by atoms with Gasteiger partial charge in [0.15, 0.2) is 17.2 Å². The van der Waals surface area contributed by atoms with Crippen molar-refractivity contribution in [3.05, 3.63) is 48.5 Å². The van der Waals surface area contributed by atoms with Crippen molar-refractivity contribution < 1.29 is 4.52 Å². The van der Waals surface area contributed by atoms with E-state index >= 15 is 0 Å². The van der Waals surface area contributed by atoms with E-state index in [1.54, 1.807) is 35.4 Å². The second-order valence-corrected chi connectivity index (χ2v) is 6.07. The molecule has 8 nitrogen and oxygen atoms in total. The van der Waals surface area contributed by atoms with Gasteiger partial charge < -0.3 is 9.84 Å². The Morgan fingerprint density at radius 1 is 1.19 bits per heavy atom. The number of nitrogens with zero attached hydrogens (tertiary/aromatic N) is 6. The van der Waals surface area contributed by atoms with Crippen LogP contribution >= 0.6 is 0 Å². The lowest BCUT2D eigenvalue weighted by molar-refractivity contribution is 0.432. The normalized spacial score (nSPS) is 11.0. The predicted molar refractivity (Wildman–Crippen MR) is 95.6 cm³/mol. The smallest absolute Gasteiger partial charge is 0.170 e. The summed E-state index contributed by atoms with van der Waals surface area (Å²) in [6.07, 6.45) is 6.51. The van der Waals surface area contributed by atoms with Gasteiger partial charge in [-0.1, -0.05) is 5.16 Å². The van der Waals surface area contributed by atoms with Crippen LogP contribution in [-0.2, 0) is 0 Å². The summed E-state index contributed by atoms with van der Waals surface area (Å²) in [5.74, 6) is 1.25. The topological polar surface area (TPSA) is 105 Å².